The molecule has 0 aromatic heterocycles. The third-order valence-corrected chi connectivity index (χ3v) is 4.62. The molecular weight excluding hydrogens is 440 g/mol. The normalized spacial score (nSPS) is 10.8. The van der Waals surface area contributed by atoms with Crippen LogP contribution in [0.3, 0.4) is 0 Å². The number of rotatable bonds is 7. The first-order chi connectivity index (χ1) is 13.7. The fourth-order valence-electron chi connectivity index (χ4n) is 2.52. The van der Waals surface area contributed by atoms with Gasteiger partial charge in [-0.15, -0.1) is 0 Å². The van der Waals surface area contributed by atoms with Crippen molar-refractivity contribution in [2.24, 2.45) is 0 Å². The number of aryl methyl sites for hydroxylation is 2. The van der Waals surface area contributed by atoms with Crippen molar-refractivity contribution in [3.05, 3.63) is 57.1 Å². The monoisotopic (exact) mass is 458 g/mol. The van der Waals surface area contributed by atoms with Crippen molar-refractivity contribution in [1.29, 1.82) is 5.26 Å². The second-order valence-electron chi connectivity index (χ2n) is 6.15. The number of halogens is 1. The van der Waals surface area contributed by atoms with Crippen LogP contribution in [-0.2, 0) is 9.59 Å². The minimum atomic E-state index is -1.12. The molecule has 0 fully saturated rings. The highest BCUT2D eigenvalue weighted by molar-refractivity contribution is 9.10. The van der Waals surface area contributed by atoms with E-state index in [1.165, 1.54) is 19.3 Å². The number of benzene rings is 2. The number of hydrogen-bond donors (Lipinski definition) is 2. The number of carboxylic acids is 1. The lowest BCUT2D eigenvalue weighted by Crippen LogP contribution is -2.14. The Morgan fingerprint density at radius 2 is 1.97 bits per heavy atom. The number of ether oxygens (including phenoxy) is 2. The zero-order valence-electron chi connectivity index (χ0n) is 16.1. The predicted octanol–water partition coefficient (Wildman–Crippen LogP) is 4.08. The van der Waals surface area contributed by atoms with Gasteiger partial charge in [-0.1, -0.05) is 33.6 Å². The molecule has 2 aromatic rings. The first kappa shape index (κ1) is 22.0. The number of amides is 1. The van der Waals surface area contributed by atoms with Gasteiger partial charge in [0.1, 0.15) is 11.6 Å². The molecule has 0 saturated heterocycles. The van der Waals surface area contributed by atoms with E-state index in [0.717, 1.165) is 11.1 Å². The summed E-state index contributed by atoms with van der Waals surface area (Å²) < 4.78 is 10.9. The van der Waals surface area contributed by atoms with Crippen LogP contribution in [0.25, 0.3) is 6.08 Å². The summed E-state index contributed by atoms with van der Waals surface area (Å²) in [7, 11) is 1.41. The van der Waals surface area contributed by atoms with Crippen LogP contribution in [0.4, 0.5) is 5.69 Å². The molecule has 29 heavy (non-hydrogen) atoms. The minimum absolute atomic E-state index is 0.105. The molecule has 0 radical (unpaired) electrons. The molecule has 1 amide bonds. The number of methoxy groups -OCH3 is 1. The highest BCUT2D eigenvalue weighted by Gasteiger charge is 2.15. The molecule has 0 unspecified atom stereocenters. The number of aliphatic carboxylic acids is 1. The van der Waals surface area contributed by atoms with E-state index in [2.05, 4.69) is 21.2 Å². The molecule has 2 rings (SSSR count). The van der Waals surface area contributed by atoms with Gasteiger partial charge in [0.05, 0.1) is 7.11 Å². The molecule has 150 valence electrons. The van der Waals surface area contributed by atoms with Crippen LogP contribution < -0.4 is 14.8 Å². The van der Waals surface area contributed by atoms with Gasteiger partial charge < -0.3 is 19.9 Å². The smallest absolute Gasteiger partial charge is 0.341 e. The van der Waals surface area contributed by atoms with Crippen LogP contribution in [0.2, 0.25) is 0 Å². The van der Waals surface area contributed by atoms with Crippen molar-refractivity contribution in [1.82, 2.24) is 0 Å². The first-order valence-corrected chi connectivity index (χ1v) is 9.27. The van der Waals surface area contributed by atoms with E-state index >= 15 is 0 Å². The summed E-state index contributed by atoms with van der Waals surface area (Å²) in [6, 6.07) is 10.5. The van der Waals surface area contributed by atoms with Gasteiger partial charge in [0.15, 0.2) is 18.1 Å². The summed E-state index contributed by atoms with van der Waals surface area (Å²) in [5, 5.41) is 20.9. The maximum absolute atomic E-state index is 12.6. The second-order valence-corrected chi connectivity index (χ2v) is 7.00. The van der Waals surface area contributed by atoms with Gasteiger partial charge in [0.25, 0.3) is 5.91 Å². The van der Waals surface area contributed by atoms with Crippen molar-refractivity contribution >= 4 is 39.6 Å². The Hall–Kier alpha value is -3.31. The number of carbonyl (C=O) groups excluding carboxylic acids is 1. The van der Waals surface area contributed by atoms with E-state index in [0.29, 0.717) is 15.7 Å². The first-order valence-electron chi connectivity index (χ1n) is 8.47. The lowest BCUT2D eigenvalue weighted by molar-refractivity contribution is -0.139. The Bertz CT molecular complexity index is 1020. The fourth-order valence-corrected chi connectivity index (χ4v) is 2.96. The van der Waals surface area contributed by atoms with E-state index < -0.39 is 18.5 Å². The number of nitrogens with zero attached hydrogens (tertiary/aromatic N) is 1. The Kier molecular flexibility index (Phi) is 7.39. The van der Waals surface area contributed by atoms with E-state index in [1.54, 1.807) is 12.1 Å². The van der Waals surface area contributed by atoms with Gasteiger partial charge in [-0.2, -0.15) is 5.26 Å². The summed E-state index contributed by atoms with van der Waals surface area (Å²) >= 11 is 3.34. The van der Waals surface area contributed by atoms with Crippen LogP contribution >= 0.6 is 15.9 Å². The van der Waals surface area contributed by atoms with Gasteiger partial charge in [0, 0.05) is 10.2 Å². The quantitative estimate of drug-likeness (QED) is 0.477. The summed E-state index contributed by atoms with van der Waals surface area (Å²) in [6.45, 7) is 3.30. The Labute approximate surface area is 176 Å². The Morgan fingerprint density at radius 1 is 1.24 bits per heavy atom. The zero-order chi connectivity index (χ0) is 21.6. The van der Waals surface area contributed by atoms with E-state index in [-0.39, 0.29) is 17.1 Å². The third kappa shape index (κ3) is 5.83. The highest BCUT2D eigenvalue weighted by Crippen LogP contribution is 2.34. The summed E-state index contributed by atoms with van der Waals surface area (Å²) in [4.78, 5) is 23.3. The molecule has 0 aliphatic heterocycles. The van der Waals surface area contributed by atoms with E-state index in [4.69, 9.17) is 14.6 Å². The molecule has 0 aliphatic rings. The molecule has 0 aliphatic carbocycles. The number of nitriles is 1. The number of anilines is 1. The number of hydrogen-bond acceptors (Lipinski definition) is 5. The predicted molar refractivity (Wildman–Crippen MR) is 112 cm³/mol. The van der Waals surface area contributed by atoms with Crippen LogP contribution in [0, 0.1) is 25.2 Å². The standard InChI is InChI=1S/C21H19BrN2O5/c1-12-4-5-17(13(2)6-12)24-21(27)15(10-23)7-14-8-18(28-3)19(9-16(14)22)29-11-20(25)26/h4-9H,11H2,1-3H3,(H,24,27)(H,25,26)/b15-7+. The van der Waals surface area contributed by atoms with E-state index in [9.17, 15) is 14.9 Å². The van der Waals surface area contributed by atoms with Gasteiger partial charge in [0.2, 0.25) is 0 Å². The van der Waals surface area contributed by atoms with Crippen LogP contribution in [0.5, 0.6) is 11.5 Å². The molecule has 7 nitrogen and oxygen atoms in total. The van der Waals surface area contributed by atoms with E-state index in [1.807, 2.05) is 32.0 Å². The molecule has 2 N–H and O–H groups in total. The van der Waals surface area contributed by atoms with Crippen molar-refractivity contribution < 1.29 is 24.2 Å². The highest BCUT2D eigenvalue weighted by atomic mass is 79.9. The molecule has 0 spiro atoms. The third-order valence-electron chi connectivity index (χ3n) is 3.93. The molecule has 2 aromatic carbocycles. The maximum atomic E-state index is 12.6. The Morgan fingerprint density at radius 3 is 2.55 bits per heavy atom. The average Bonchev–Trinajstić information content (AvgIpc) is 2.67. The zero-order valence-corrected chi connectivity index (χ0v) is 17.7. The number of carbonyl (C=O) groups is 2. The number of carboxylic acid groups (broad SMARTS) is 1. The van der Waals surface area contributed by atoms with Crippen LogP contribution in [0.15, 0.2) is 40.4 Å². The second kappa shape index (κ2) is 9.75. The van der Waals surface area contributed by atoms with Crippen molar-refractivity contribution in [2.75, 3.05) is 19.0 Å². The number of nitrogens with one attached hydrogen (secondary N) is 1. The van der Waals surface area contributed by atoms with Gasteiger partial charge >= 0.3 is 5.97 Å². The van der Waals surface area contributed by atoms with Crippen molar-refractivity contribution in [3.63, 3.8) is 0 Å². The largest absolute Gasteiger partial charge is 0.493 e. The van der Waals surface area contributed by atoms with Crippen LogP contribution in [-0.4, -0.2) is 30.7 Å². The lowest BCUT2D eigenvalue weighted by atomic mass is 10.1. The fraction of sp³-hybridized carbons (Fsp3) is 0.190. The molecule has 0 atom stereocenters. The molecular formula is C21H19BrN2O5. The van der Waals surface area contributed by atoms with Crippen molar-refractivity contribution in [2.45, 2.75) is 13.8 Å². The van der Waals surface area contributed by atoms with Gasteiger partial charge in [-0.3, -0.25) is 4.79 Å². The molecule has 0 saturated carbocycles. The molecule has 0 bridgehead atoms. The SMILES string of the molecule is COc1cc(/C=C(\C#N)C(=O)Nc2ccc(C)cc2C)c(Br)cc1OCC(=O)O. The maximum Gasteiger partial charge on any atom is 0.341 e. The summed E-state index contributed by atoms with van der Waals surface area (Å²) in [6.07, 6.45) is 1.41. The summed E-state index contributed by atoms with van der Waals surface area (Å²) in [5.41, 5.74) is 2.97. The van der Waals surface area contributed by atoms with Crippen LogP contribution in [0.1, 0.15) is 16.7 Å². The lowest BCUT2D eigenvalue weighted by Gasteiger charge is -2.12. The molecule has 0 heterocycles. The van der Waals surface area contributed by atoms with Crippen molar-refractivity contribution in [3.8, 4) is 17.6 Å². The summed E-state index contributed by atoms with van der Waals surface area (Å²) in [5.74, 6) is -1.18. The van der Waals surface area contributed by atoms with Gasteiger partial charge in [-0.25, -0.2) is 4.79 Å². The Balaban J connectivity index is 2.32. The van der Waals surface area contributed by atoms with Gasteiger partial charge in [-0.05, 0) is 49.2 Å². The minimum Gasteiger partial charge on any atom is -0.493 e. The molecule has 8 heteroatoms. The topological polar surface area (TPSA) is 109 Å². The average molecular weight is 459 g/mol.